The van der Waals surface area contributed by atoms with E-state index in [-0.39, 0.29) is 12.2 Å². The van der Waals surface area contributed by atoms with Gasteiger partial charge in [0.05, 0.1) is 16.8 Å². The Morgan fingerprint density at radius 2 is 1.76 bits per heavy atom. The van der Waals surface area contributed by atoms with Crippen molar-refractivity contribution in [1.82, 2.24) is 0 Å². The van der Waals surface area contributed by atoms with Crippen LogP contribution in [0.4, 0.5) is 28.9 Å². The maximum atomic E-state index is 13.4. The summed E-state index contributed by atoms with van der Waals surface area (Å²) in [6.45, 7) is 5.82. The van der Waals surface area contributed by atoms with Gasteiger partial charge in [-0.2, -0.15) is 13.2 Å². The SMILES string of the molecule is C=C(COc1ccc(F)cc1)N(c1cccc(C(=O)O)c1)c1ccc(C(F)(F)F)cc1CCC. The second-order valence-electron chi connectivity index (χ2n) is 7.59. The van der Waals surface area contributed by atoms with Gasteiger partial charge >= 0.3 is 12.1 Å². The lowest BCUT2D eigenvalue weighted by Gasteiger charge is -2.30. The number of carboxylic acids is 1. The zero-order chi connectivity index (χ0) is 24.9. The van der Waals surface area contributed by atoms with E-state index in [1.54, 1.807) is 17.0 Å². The van der Waals surface area contributed by atoms with Crippen molar-refractivity contribution >= 4 is 17.3 Å². The molecule has 0 bridgehead atoms. The van der Waals surface area contributed by atoms with Gasteiger partial charge in [-0.25, -0.2) is 9.18 Å². The molecule has 0 radical (unpaired) electrons. The number of nitrogens with zero attached hydrogens (tertiary/aromatic N) is 1. The number of hydrogen-bond donors (Lipinski definition) is 1. The minimum Gasteiger partial charge on any atom is -0.487 e. The zero-order valence-corrected chi connectivity index (χ0v) is 18.4. The van der Waals surface area contributed by atoms with Crippen LogP contribution in [0.3, 0.4) is 0 Å². The Bertz CT molecular complexity index is 1170. The molecule has 178 valence electrons. The standard InChI is InChI=1S/C26H23F4NO3/c1-3-5-18-14-20(26(28,29)30)8-13-24(18)31(22-7-4-6-19(15-22)25(32)33)17(2)16-34-23-11-9-21(27)10-12-23/h4,6-15H,2-3,5,16H2,1H3,(H,32,33). The van der Waals surface area contributed by atoms with Crippen LogP contribution in [0.5, 0.6) is 5.75 Å². The smallest absolute Gasteiger partial charge is 0.416 e. The van der Waals surface area contributed by atoms with Crippen molar-refractivity contribution < 1.29 is 32.2 Å². The Hall–Kier alpha value is -3.81. The molecule has 0 heterocycles. The van der Waals surface area contributed by atoms with E-state index in [0.29, 0.717) is 41.2 Å². The minimum absolute atomic E-state index is 0.0127. The Morgan fingerprint density at radius 1 is 1.06 bits per heavy atom. The lowest BCUT2D eigenvalue weighted by Crippen LogP contribution is -2.22. The number of aryl methyl sites for hydroxylation is 1. The second-order valence-corrected chi connectivity index (χ2v) is 7.59. The number of rotatable bonds is 9. The molecule has 0 saturated heterocycles. The van der Waals surface area contributed by atoms with Crippen LogP contribution in [0.1, 0.15) is 34.8 Å². The highest BCUT2D eigenvalue weighted by Gasteiger charge is 2.31. The van der Waals surface area contributed by atoms with Gasteiger partial charge in [0.15, 0.2) is 0 Å². The van der Waals surface area contributed by atoms with Crippen molar-refractivity contribution in [3.8, 4) is 5.75 Å². The molecule has 0 fully saturated rings. The Labute approximate surface area is 194 Å². The van der Waals surface area contributed by atoms with Crippen LogP contribution in [-0.4, -0.2) is 17.7 Å². The maximum Gasteiger partial charge on any atom is 0.416 e. The van der Waals surface area contributed by atoms with Gasteiger partial charge in [0.1, 0.15) is 18.2 Å². The largest absolute Gasteiger partial charge is 0.487 e. The monoisotopic (exact) mass is 473 g/mol. The average Bonchev–Trinajstić information content (AvgIpc) is 2.79. The molecule has 8 heteroatoms. The number of benzene rings is 3. The Kier molecular flexibility index (Phi) is 7.61. The summed E-state index contributed by atoms with van der Waals surface area (Å²) in [6, 6.07) is 14.8. The molecular weight excluding hydrogens is 450 g/mol. The molecule has 0 amide bonds. The molecule has 0 aliphatic rings. The van der Waals surface area contributed by atoms with Gasteiger partial charge in [0.2, 0.25) is 0 Å². The van der Waals surface area contributed by atoms with Crippen LogP contribution in [0.2, 0.25) is 0 Å². The van der Waals surface area contributed by atoms with Gasteiger partial charge in [-0.15, -0.1) is 0 Å². The number of ether oxygens (including phenoxy) is 1. The highest BCUT2D eigenvalue weighted by atomic mass is 19.4. The molecule has 0 unspecified atom stereocenters. The number of alkyl halides is 3. The van der Waals surface area contributed by atoms with Gasteiger partial charge < -0.3 is 14.7 Å². The summed E-state index contributed by atoms with van der Waals surface area (Å²) < 4.78 is 59.0. The summed E-state index contributed by atoms with van der Waals surface area (Å²) in [5.41, 5.74) is 0.866. The predicted octanol–water partition coefficient (Wildman–Crippen LogP) is 7.23. The highest BCUT2D eigenvalue weighted by Crippen LogP contribution is 2.38. The molecule has 0 atom stereocenters. The molecular formula is C26H23F4NO3. The summed E-state index contributed by atoms with van der Waals surface area (Å²) in [5, 5.41) is 9.42. The first-order valence-electron chi connectivity index (χ1n) is 10.5. The van der Waals surface area contributed by atoms with E-state index in [0.717, 1.165) is 12.1 Å². The molecule has 3 aromatic rings. The van der Waals surface area contributed by atoms with Gasteiger partial charge in [-0.05, 0) is 72.6 Å². The quantitative estimate of drug-likeness (QED) is 0.333. The summed E-state index contributed by atoms with van der Waals surface area (Å²) in [7, 11) is 0. The third-order valence-corrected chi connectivity index (χ3v) is 5.05. The summed E-state index contributed by atoms with van der Waals surface area (Å²) >= 11 is 0. The molecule has 0 aliphatic carbocycles. The molecule has 0 aromatic heterocycles. The van der Waals surface area contributed by atoms with Crippen molar-refractivity contribution in [2.45, 2.75) is 25.9 Å². The summed E-state index contributed by atoms with van der Waals surface area (Å²) in [4.78, 5) is 13.1. The van der Waals surface area contributed by atoms with Crippen LogP contribution in [0.25, 0.3) is 0 Å². The Morgan fingerprint density at radius 3 is 2.38 bits per heavy atom. The predicted molar refractivity (Wildman–Crippen MR) is 122 cm³/mol. The molecule has 0 aliphatic heterocycles. The topological polar surface area (TPSA) is 49.8 Å². The van der Waals surface area contributed by atoms with E-state index in [1.807, 2.05) is 6.92 Å². The molecule has 0 spiro atoms. The molecule has 0 saturated carbocycles. The van der Waals surface area contributed by atoms with Crippen molar-refractivity contribution in [1.29, 1.82) is 0 Å². The van der Waals surface area contributed by atoms with Crippen molar-refractivity contribution in [2.75, 3.05) is 11.5 Å². The van der Waals surface area contributed by atoms with Crippen LogP contribution < -0.4 is 9.64 Å². The molecule has 3 rings (SSSR count). The van der Waals surface area contributed by atoms with E-state index in [1.165, 1.54) is 42.5 Å². The number of carboxylic acid groups (broad SMARTS) is 1. The van der Waals surface area contributed by atoms with Gasteiger partial charge in [0.25, 0.3) is 0 Å². The van der Waals surface area contributed by atoms with E-state index < -0.39 is 23.5 Å². The number of anilines is 2. The first-order chi connectivity index (χ1) is 16.1. The minimum atomic E-state index is -4.50. The lowest BCUT2D eigenvalue weighted by molar-refractivity contribution is -0.137. The molecule has 4 nitrogen and oxygen atoms in total. The third-order valence-electron chi connectivity index (χ3n) is 5.05. The fourth-order valence-electron chi connectivity index (χ4n) is 3.48. The van der Waals surface area contributed by atoms with Gasteiger partial charge in [-0.3, -0.25) is 0 Å². The average molecular weight is 473 g/mol. The molecule has 3 aromatic carbocycles. The molecule has 34 heavy (non-hydrogen) atoms. The van der Waals surface area contributed by atoms with Crippen LogP contribution in [0, 0.1) is 5.82 Å². The highest BCUT2D eigenvalue weighted by molar-refractivity contribution is 5.89. The van der Waals surface area contributed by atoms with Crippen molar-refractivity contribution in [2.24, 2.45) is 0 Å². The van der Waals surface area contributed by atoms with E-state index >= 15 is 0 Å². The third kappa shape index (κ3) is 5.95. The number of carbonyl (C=O) groups is 1. The van der Waals surface area contributed by atoms with Crippen molar-refractivity contribution in [3.63, 3.8) is 0 Å². The summed E-state index contributed by atoms with van der Waals surface area (Å²) in [5.74, 6) is -1.19. The first-order valence-corrected chi connectivity index (χ1v) is 10.5. The van der Waals surface area contributed by atoms with E-state index in [9.17, 15) is 27.5 Å². The van der Waals surface area contributed by atoms with Crippen molar-refractivity contribution in [3.05, 3.63) is 102 Å². The van der Waals surface area contributed by atoms with E-state index in [4.69, 9.17) is 4.74 Å². The van der Waals surface area contributed by atoms with Crippen LogP contribution in [-0.2, 0) is 12.6 Å². The number of halogens is 4. The lowest BCUT2D eigenvalue weighted by atomic mass is 10.0. The van der Waals surface area contributed by atoms with Crippen LogP contribution in [0.15, 0.2) is 79.0 Å². The maximum absolute atomic E-state index is 13.4. The van der Waals surface area contributed by atoms with Gasteiger partial charge in [-0.1, -0.05) is 26.0 Å². The number of hydrogen-bond acceptors (Lipinski definition) is 3. The second kappa shape index (κ2) is 10.4. The normalized spacial score (nSPS) is 11.2. The molecule has 1 N–H and O–H groups in total. The summed E-state index contributed by atoms with van der Waals surface area (Å²) in [6.07, 6.45) is -3.55. The first kappa shape index (κ1) is 24.8. The fraction of sp³-hybridized carbons (Fsp3) is 0.192. The number of aromatic carboxylic acids is 1. The van der Waals surface area contributed by atoms with Crippen LogP contribution >= 0.6 is 0 Å². The van der Waals surface area contributed by atoms with E-state index in [2.05, 4.69) is 6.58 Å². The fourth-order valence-corrected chi connectivity index (χ4v) is 3.48. The Balaban J connectivity index is 2.06. The van der Waals surface area contributed by atoms with Gasteiger partial charge in [0, 0.05) is 11.4 Å². The zero-order valence-electron chi connectivity index (χ0n) is 18.4.